The third-order valence-corrected chi connectivity index (χ3v) is 7.47. The number of ether oxygens (including phenoxy) is 1. The van der Waals surface area contributed by atoms with E-state index in [4.69, 9.17) is 4.74 Å². The Morgan fingerprint density at radius 2 is 1.74 bits per heavy atom. The largest absolute Gasteiger partial charge is 0.497 e. The van der Waals surface area contributed by atoms with E-state index < -0.39 is 6.04 Å². The molecule has 4 aromatic rings. The summed E-state index contributed by atoms with van der Waals surface area (Å²) in [5, 5.41) is 11.7. The number of aromatic nitrogens is 3. The summed E-state index contributed by atoms with van der Waals surface area (Å²) >= 11 is 0. The molecule has 1 aromatic heterocycles. The minimum atomic E-state index is -0.900. The third kappa shape index (κ3) is 5.50. The molecule has 8 nitrogen and oxygen atoms in total. The lowest BCUT2D eigenvalue weighted by Gasteiger charge is -2.34. The van der Waals surface area contributed by atoms with Crippen LogP contribution in [0.2, 0.25) is 0 Å². The quantitative estimate of drug-likeness (QED) is 0.342. The van der Waals surface area contributed by atoms with E-state index in [1.807, 2.05) is 81.4 Å². The SMILES string of the molecule is COc1cccc([C@@H](C(=O)NC2CCCC2)N(C(=O)Cn2nnc3ccccc32)c2c(C)cc(C)cc2C)c1. The molecule has 0 unspecified atom stereocenters. The lowest BCUT2D eigenvalue weighted by Crippen LogP contribution is -2.47. The maximum absolute atomic E-state index is 14.4. The van der Waals surface area contributed by atoms with Crippen LogP contribution in [0.3, 0.4) is 0 Å². The molecule has 1 atom stereocenters. The van der Waals surface area contributed by atoms with Gasteiger partial charge < -0.3 is 10.1 Å². The molecular weight excluding hydrogens is 490 g/mol. The van der Waals surface area contributed by atoms with Gasteiger partial charge in [-0.15, -0.1) is 5.10 Å². The molecule has 1 saturated carbocycles. The summed E-state index contributed by atoms with van der Waals surface area (Å²) in [6.07, 6.45) is 4.07. The van der Waals surface area contributed by atoms with E-state index in [0.717, 1.165) is 53.6 Å². The number of methoxy groups -OCH3 is 1. The van der Waals surface area contributed by atoms with Crippen LogP contribution in [-0.2, 0) is 16.1 Å². The van der Waals surface area contributed by atoms with Crippen molar-refractivity contribution >= 4 is 28.5 Å². The van der Waals surface area contributed by atoms with Crippen LogP contribution in [0.25, 0.3) is 11.0 Å². The molecule has 0 spiro atoms. The Balaban J connectivity index is 1.64. The van der Waals surface area contributed by atoms with E-state index in [9.17, 15) is 9.59 Å². The van der Waals surface area contributed by atoms with E-state index in [-0.39, 0.29) is 24.4 Å². The predicted molar refractivity (Wildman–Crippen MR) is 152 cm³/mol. The number of anilines is 1. The van der Waals surface area contributed by atoms with Crippen LogP contribution in [0.1, 0.15) is 54.0 Å². The minimum Gasteiger partial charge on any atom is -0.497 e. The standard InChI is InChI=1S/C31H35N5O3/c1-20-16-21(2)29(22(3)17-20)36(28(37)19-35-27-15-8-7-14-26(27)33-34-35)30(23-10-9-13-25(18-23)39-4)31(38)32-24-11-5-6-12-24/h7-10,13-18,24,30H,5-6,11-12,19H2,1-4H3,(H,32,38)/t30-/m0/s1. The van der Waals surface area contributed by atoms with Gasteiger partial charge >= 0.3 is 0 Å². The maximum atomic E-state index is 14.4. The summed E-state index contributed by atoms with van der Waals surface area (Å²) in [5.74, 6) is 0.166. The monoisotopic (exact) mass is 525 g/mol. The van der Waals surface area contributed by atoms with Crippen LogP contribution in [0, 0.1) is 20.8 Å². The second-order valence-corrected chi connectivity index (χ2v) is 10.4. The average molecular weight is 526 g/mol. The molecule has 1 N–H and O–H groups in total. The molecule has 0 saturated heterocycles. The summed E-state index contributed by atoms with van der Waals surface area (Å²) in [6.45, 7) is 5.93. The van der Waals surface area contributed by atoms with Crippen molar-refractivity contribution < 1.29 is 14.3 Å². The van der Waals surface area contributed by atoms with Crippen LogP contribution >= 0.6 is 0 Å². The molecule has 39 heavy (non-hydrogen) atoms. The summed E-state index contributed by atoms with van der Waals surface area (Å²) < 4.78 is 7.10. The molecule has 2 amide bonds. The molecule has 0 radical (unpaired) electrons. The molecule has 1 heterocycles. The zero-order chi connectivity index (χ0) is 27.5. The van der Waals surface area contributed by atoms with Gasteiger partial charge in [0.15, 0.2) is 0 Å². The van der Waals surface area contributed by atoms with Gasteiger partial charge in [-0.3, -0.25) is 14.5 Å². The highest BCUT2D eigenvalue weighted by Gasteiger charge is 2.36. The molecule has 1 aliphatic carbocycles. The fraction of sp³-hybridized carbons (Fsp3) is 0.355. The molecule has 202 valence electrons. The van der Waals surface area contributed by atoms with Gasteiger partial charge in [0.25, 0.3) is 0 Å². The highest BCUT2D eigenvalue weighted by Crippen LogP contribution is 2.36. The summed E-state index contributed by atoms with van der Waals surface area (Å²) in [7, 11) is 1.60. The number of aryl methyl sites for hydroxylation is 3. The van der Waals surface area contributed by atoms with Crippen molar-refractivity contribution in [1.29, 1.82) is 0 Å². The smallest absolute Gasteiger partial charge is 0.249 e. The summed E-state index contributed by atoms with van der Waals surface area (Å²) in [5.41, 5.74) is 5.82. The number of carbonyl (C=O) groups is 2. The van der Waals surface area contributed by atoms with E-state index >= 15 is 0 Å². The van der Waals surface area contributed by atoms with Crippen molar-refractivity contribution in [2.24, 2.45) is 0 Å². The van der Waals surface area contributed by atoms with Gasteiger partial charge in [0.2, 0.25) is 11.8 Å². The first-order valence-corrected chi connectivity index (χ1v) is 13.5. The Kier molecular flexibility index (Phi) is 7.63. The minimum absolute atomic E-state index is 0.0650. The number of nitrogens with one attached hydrogen (secondary N) is 1. The van der Waals surface area contributed by atoms with Gasteiger partial charge in [-0.1, -0.05) is 60.0 Å². The van der Waals surface area contributed by atoms with Crippen molar-refractivity contribution in [2.45, 2.75) is 65.1 Å². The van der Waals surface area contributed by atoms with Crippen molar-refractivity contribution in [3.8, 4) is 5.75 Å². The number of hydrogen-bond acceptors (Lipinski definition) is 5. The first-order valence-electron chi connectivity index (χ1n) is 13.5. The van der Waals surface area contributed by atoms with Gasteiger partial charge in [-0.05, 0) is 74.6 Å². The Labute approximate surface area is 229 Å². The zero-order valence-electron chi connectivity index (χ0n) is 23.0. The number of amides is 2. The number of rotatable bonds is 8. The predicted octanol–water partition coefficient (Wildman–Crippen LogP) is 5.20. The normalized spacial score (nSPS) is 14.4. The van der Waals surface area contributed by atoms with Gasteiger partial charge in [0, 0.05) is 6.04 Å². The van der Waals surface area contributed by atoms with Crippen LogP contribution in [0.15, 0.2) is 60.7 Å². The van der Waals surface area contributed by atoms with Crippen LogP contribution in [-0.4, -0.2) is 40.0 Å². The Hall–Kier alpha value is -4.20. The van der Waals surface area contributed by atoms with Gasteiger partial charge in [0.05, 0.1) is 18.3 Å². The number of fused-ring (bicyclic) bond motifs is 1. The highest BCUT2D eigenvalue weighted by atomic mass is 16.5. The van der Waals surface area contributed by atoms with Crippen molar-refractivity contribution in [3.05, 3.63) is 82.9 Å². The second-order valence-electron chi connectivity index (χ2n) is 10.4. The summed E-state index contributed by atoms with van der Waals surface area (Å²) in [6, 6.07) is 18.2. The molecule has 5 rings (SSSR count). The Morgan fingerprint density at radius 1 is 1.03 bits per heavy atom. The fourth-order valence-corrected chi connectivity index (χ4v) is 5.77. The molecular formula is C31H35N5O3. The number of carbonyl (C=O) groups excluding carboxylic acids is 2. The van der Waals surface area contributed by atoms with Gasteiger partial charge in [-0.25, -0.2) is 4.68 Å². The van der Waals surface area contributed by atoms with Gasteiger partial charge in [0.1, 0.15) is 23.9 Å². The Morgan fingerprint density at radius 3 is 2.46 bits per heavy atom. The average Bonchev–Trinajstić information content (AvgIpc) is 3.58. The summed E-state index contributed by atoms with van der Waals surface area (Å²) in [4.78, 5) is 30.2. The number of nitrogens with zero attached hydrogens (tertiary/aromatic N) is 4. The first kappa shape index (κ1) is 26.4. The molecule has 8 heteroatoms. The topological polar surface area (TPSA) is 89.4 Å². The fourth-order valence-electron chi connectivity index (χ4n) is 5.77. The maximum Gasteiger partial charge on any atom is 0.249 e. The third-order valence-electron chi connectivity index (χ3n) is 7.47. The molecule has 0 aliphatic heterocycles. The molecule has 0 bridgehead atoms. The first-order chi connectivity index (χ1) is 18.9. The van der Waals surface area contributed by atoms with E-state index in [2.05, 4.69) is 15.6 Å². The number of para-hydroxylation sites is 1. The lowest BCUT2D eigenvalue weighted by atomic mass is 9.98. The van der Waals surface area contributed by atoms with Crippen LogP contribution < -0.4 is 15.0 Å². The lowest BCUT2D eigenvalue weighted by molar-refractivity contribution is -0.127. The molecule has 1 aliphatic rings. The van der Waals surface area contributed by atoms with E-state index in [0.29, 0.717) is 16.8 Å². The second kappa shape index (κ2) is 11.3. The van der Waals surface area contributed by atoms with E-state index in [1.54, 1.807) is 16.7 Å². The van der Waals surface area contributed by atoms with Crippen LogP contribution in [0.4, 0.5) is 5.69 Å². The highest BCUT2D eigenvalue weighted by molar-refractivity contribution is 6.02. The van der Waals surface area contributed by atoms with E-state index in [1.165, 1.54) is 0 Å². The molecule has 1 fully saturated rings. The molecule has 3 aromatic carbocycles. The Bertz CT molecular complexity index is 1480. The number of benzene rings is 3. The van der Waals surface area contributed by atoms with Gasteiger partial charge in [-0.2, -0.15) is 0 Å². The van der Waals surface area contributed by atoms with Crippen molar-refractivity contribution in [1.82, 2.24) is 20.3 Å². The number of hydrogen-bond donors (Lipinski definition) is 1. The zero-order valence-corrected chi connectivity index (χ0v) is 23.0. The van der Waals surface area contributed by atoms with Crippen molar-refractivity contribution in [3.63, 3.8) is 0 Å². The van der Waals surface area contributed by atoms with Crippen molar-refractivity contribution in [2.75, 3.05) is 12.0 Å². The van der Waals surface area contributed by atoms with Crippen LogP contribution in [0.5, 0.6) is 5.75 Å².